The van der Waals surface area contributed by atoms with Crippen molar-refractivity contribution in [2.75, 3.05) is 0 Å². The highest BCUT2D eigenvalue weighted by Crippen LogP contribution is 2.55. The van der Waals surface area contributed by atoms with Crippen LogP contribution in [0.15, 0.2) is 47.8 Å². The van der Waals surface area contributed by atoms with Crippen LogP contribution in [0.2, 0.25) is 0 Å². The summed E-state index contributed by atoms with van der Waals surface area (Å²) >= 11 is 1.72. The molecule has 0 saturated heterocycles. The molecule has 1 aromatic carbocycles. The van der Waals surface area contributed by atoms with E-state index in [1.54, 1.807) is 11.3 Å². The third kappa shape index (κ3) is 2.73. The number of benzene rings is 1. The minimum atomic E-state index is 0.0567. The molecule has 144 valence electrons. The zero-order valence-electron chi connectivity index (χ0n) is 16.1. The van der Waals surface area contributed by atoms with E-state index in [-0.39, 0.29) is 11.4 Å². The highest BCUT2D eigenvalue weighted by molar-refractivity contribution is 7.17. The number of amides is 1. The molecule has 1 N–H and O–H groups in total. The van der Waals surface area contributed by atoms with E-state index < -0.39 is 0 Å². The largest absolute Gasteiger partial charge is 0.345 e. The molecule has 4 fully saturated rings. The summed E-state index contributed by atoms with van der Waals surface area (Å²) < 4.78 is 3.41. The van der Waals surface area contributed by atoms with E-state index in [0.717, 1.165) is 30.0 Å². The van der Waals surface area contributed by atoms with Gasteiger partial charge in [0.2, 0.25) is 0 Å². The Morgan fingerprint density at radius 3 is 2.39 bits per heavy atom. The first kappa shape index (κ1) is 16.8. The number of rotatable bonds is 4. The number of carbonyl (C=O) groups excluding carboxylic acids is 1. The number of hydrogen-bond donors (Lipinski definition) is 1. The van der Waals surface area contributed by atoms with Crippen molar-refractivity contribution in [3.63, 3.8) is 0 Å². The van der Waals surface area contributed by atoms with Crippen molar-refractivity contribution in [2.45, 2.75) is 50.6 Å². The zero-order valence-corrected chi connectivity index (χ0v) is 16.9. The number of nitrogens with one attached hydrogen (secondary N) is 1. The Morgan fingerprint density at radius 2 is 1.71 bits per heavy atom. The summed E-state index contributed by atoms with van der Waals surface area (Å²) in [5.41, 5.74) is 3.28. The highest BCUT2D eigenvalue weighted by Gasteiger charge is 2.51. The Morgan fingerprint density at radius 1 is 1.04 bits per heavy atom. The maximum absolute atomic E-state index is 13.5. The molecule has 0 radical (unpaired) electrons. The van der Waals surface area contributed by atoms with Gasteiger partial charge in [0.25, 0.3) is 5.91 Å². The van der Waals surface area contributed by atoms with Gasteiger partial charge in [-0.15, -0.1) is 11.3 Å². The van der Waals surface area contributed by atoms with Gasteiger partial charge in [0.1, 0.15) is 5.69 Å². The molecule has 3 aromatic rings. The van der Waals surface area contributed by atoms with Gasteiger partial charge in [0.15, 0.2) is 0 Å². The van der Waals surface area contributed by atoms with Crippen LogP contribution in [0.4, 0.5) is 0 Å². The summed E-state index contributed by atoms with van der Waals surface area (Å²) in [4.78, 5) is 13.5. The summed E-state index contributed by atoms with van der Waals surface area (Å²) in [5.74, 6) is 2.64. The maximum atomic E-state index is 13.5. The van der Waals surface area contributed by atoms with E-state index in [2.05, 4.69) is 51.7 Å². The van der Waals surface area contributed by atoms with E-state index in [1.807, 2.05) is 6.07 Å². The quantitative estimate of drug-likeness (QED) is 0.631. The van der Waals surface area contributed by atoms with Crippen LogP contribution in [0.1, 0.15) is 54.6 Å². The zero-order chi connectivity index (χ0) is 18.7. The fourth-order valence-corrected chi connectivity index (χ4v) is 7.49. The third-order valence-electron chi connectivity index (χ3n) is 7.36. The average molecular weight is 391 g/mol. The minimum absolute atomic E-state index is 0.0567. The smallest absolute Gasteiger partial charge is 0.268 e. The van der Waals surface area contributed by atoms with Crippen LogP contribution in [-0.4, -0.2) is 16.0 Å². The first-order chi connectivity index (χ1) is 13.7. The molecule has 0 atom stereocenters. The molecule has 7 rings (SSSR count). The lowest BCUT2D eigenvalue weighted by Crippen LogP contribution is -2.60. The Kier molecular flexibility index (Phi) is 3.74. The topological polar surface area (TPSA) is 34.0 Å². The van der Waals surface area contributed by atoms with Gasteiger partial charge in [-0.1, -0.05) is 30.3 Å². The molecule has 0 aliphatic heterocycles. The van der Waals surface area contributed by atoms with Crippen LogP contribution in [0, 0.1) is 17.8 Å². The molecule has 4 heteroatoms. The summed E-state index contributed by atoms with van der Waals surface area (Å²) in [6, 6.07) is 14.7. The van der Waals surface area contributed by atoms with Crippen LogP contribution in [0.25, 0.3) is 10.2 Å². The number of hydrogen-bond acceptors (Lipinski definition) is 2. The summed E-state index contributed by atoms with van der Waals surface area (Å²) in [5, 5.41) is 5.68. The highest BCUT2D eigenvalue weighted by atomic mass is 32.1. The van der Waals surface area contributed by atoms with Crippen molar-refractivity contribution in [3.8, 4) is 0 Å². The van der Waals surface area contributed by atoms with E-state index in [9.17, 15) is 4.79 Å². The molecule has 2 heterocycles. The van der Waals surface area contributed by atoms with Crippen LogP contribution in [-0.2, 0) is 6.54 Å². The lowest BCUT2D eigenvalue weighted by atomic mass is 9.53. The molecule has 2 aromatic heterocycles. The lowest BCUT2D eigenvalue weighted by molar-refractivity contribution is -0.0168. The van der Waals surface area contributed by atoms with Crippen LogP contribution in [0.5, 0.6) is 0 Å². The van der Waals surface area contributed by atoms with Gasteiger partial charge in [-0.25, -0.2) is 0 Å². The molecule has 4 bridgehead atoms. The van der Waals surface area contributed by atoms with Crippen molar-refractivity contribution in [1.29, 1.82) is 0 Å². The second kappa shape index (κ2) is 6.21. The number of thiophene rings is 1. The second-order valence-corrected chi connectivity index (χ2v) is 10.4. The SMILES string of the molecule is O=C(NC12CC3CC(CC(C3)C1)C2)c1cc2sccc2n1Cc1ccccc1. The van der Waals surface area contributed by atoms with Crippen LogP contribution in [0.3, 0.4) is 0 Å². The van der Waals surface area contributed by atoms with Gasteiger partial charge < -0.3 is 9.88 Å². The molecule has 28 heavy (non-hydrogen) atoms. The summed E-state index contributed by atoms with van der Waals surface area (Å²) in [6.45, 7) is 0.741. The molecule has 4 aliphatic carbocycles. The Labute approximate surface area is 169 Å². The van der Waals surface area contributed by atoms with Gasteiger partial charge in [0.05, 0.1) is 10.2 Å². The molecule has 0 spiro atoms. The van der Waals surface area contributed by atoms with E-state index in [4.69, 9.17) is 0 Å². The monoisotopic (exact) mass is 390 g/mol. The van der Waals surface area contributed by atoms with Gasteiger partial charge in [-0.3, -0.25) is 4.79 Å². The van der Waals surface area contributed by atoms with Crippen molar-refractivity contribution in [1.82, 2.24) is 9.88 Å². The molecular formula is C24H26N2OS. The normalized spacial score (nSPS) is 30.8. The summed E-state index contributed by atoms with van der Waals surface area (Å²) in [7, 11) is 0. The Bertz CT molecular complexity index is 996. The molecule has 3 nitrogen and oxygen atoms in total. The minimum Gasteiger partial charge on any atom is -0.345 e. The van der Waals surface area contributed by atoms with Crippen LogP contribution >= 0.6 is 11.3 Å². The number of nitrogens with zero attached hydrogens (tertiary/aromatic N) is 1. The fourth-order valence-electron chi connectivity index (χ4n) is 6.67. The van der Waals surface area contributed by atoms with Gasteiger partial charge in [-0.05, 0) is 79.4 Å². The molecular weight excluding hydrogens is 364 g/mol. The molecule has 0 unspecified atom stereocenters. The maximum Gasteiger partial charge on any atom is 0.268 e. The van der Waals surface area contributed by atoms with Crippen molar-refractivity contribution >= 4 is 27.5 Å². The number of carbonyl (C=O) groups is 1. The van der Waals surface area contributed by atoms with E-state index >= 15 is 0 Å². The summed E-state index contributed by atoms with van der Waals surface area (Å²) in [6.07, 6.45) is 7.77. The van der Waals surface area contributed by atoms with Crippen molar-refractivity contribution in [2.24, 2.45) is 17.8 Å². The Balaban J connectivity index is 1.33. The van der Waals surface area contributed by atoms with Gasteiger partial charge >= 0.3 is 0 Å². The molecule has 4 aliphatic rings. The first-order valence-corrected chi connectivity index (χ1v) is 11.5. The van der Waals surface area contributed by atoms with Crippen LogP contribution < -0.4 is 5.32 Å². The standard InChI is InChI=1S/C24H26N2OS/c27-23(25-24-12-17-8-18(13-24)10-19(9-17)14-24)21-11-22-20(6-7-28-22)26(21)15-16-4-2-1-3-5-16/h1-7,11,17-19H,8-10,12-15H2,(H,25,27). The fraction of sp³-hybridized carbons (Fsp3) is 0.458. The third-order valence-corrected chi connectivity index (χ3v) is 8.21. The predicted octanol–water partition coefficient (Wildman–Crippen LogP) is 5.45. The lowest BCUT2D eigenvalue weighted by Gasteiger charge is -2.56. The Hall–Kier alpha value is -2.07. The molecule has 1 amide bonds. The number of aromatic nitrogens is 1. The average Bonchev–Trinajstić information content (AvgIpc) is 3.24. The number of fused-ring (bicyclic) bond motifs is 1. The van der Waals surface area contributed by atoms with Crippen molar-refractivity contribution < 1.29 is 4.79 Å². The second-order valence-electron chi connectivity index (χ2n) is 9.42. The van der Waals surface area contributed by atoms with Gasteiger partial charge in [-0.2, -0.15) is 0 Å². The molecule has 4 saturated carbocycles. The predicted molar refractivity (Wildman–Crippen MR) is 114 cm³/mol. The first-order valence-electron chi connectivity index (χ1n) is 10.6. The van der Waals surface area contributed by atoms with E-state index in [0.29, 0.717) is 0 Å². The van der Waals surface area contributed by atoms with Crippen molar-refractivity contribution in [3.05, 3.63) is 59.1 Å². The van der Waals surface area contributed by atoms with E-state index in [1.165, 1.54) is 54.3 Å². The van der Waals surface area contributed by atoms with Gasteiger partial charge in [0, 0.05) is 12.1 Å².